The molecular weight excluding hydrogens is 220 g/mol. The fraction of sp³-hybridized carbons (Fsp3) is 0.875. The summed E-state index contributed by atoms with van der Waals surface area (Å²) >= 11 is 0. The molecule has 4 aliphatic carbocycles. The Hall–Kier alpha value is -0.340. The van der Waals surface area contributed by atoms with Crippen molar-refractivity contribution in [1.29, 1.82) is 0 Å². The molecule has 4 aliphatic rings. The van der Waals surface area contributed by atoms with Crippen LogP contribution < -0.4 is 11.5 Å². The molecule has 0 aliphatic heterocycles. The highest BCUT2D eigenvalue weighted by Gasteiger charge is 2.63. The summed E-state index contributed by atoms with van der Waals surface area (Å²) in [4.78, 5) is 0. The van der Waals surface area contributed by atoms with Crippen LogP contribution in [0.3, 0.4) is 0 Å². The van der Waals surface area contributed by atoms with Crippen molar-refractivity contribution in [1.82, 2.24) is 0 Å². The molecule has 4 rings (SSSR count). The molecule has 3 fully saturated rings. The summed E-state index contributed by atoms with van der Waals surface area (Å²) in [6, 6.07) is 0. The topological polar surface area (TPSA) is 52.0 Å². The van der Waals surface area contributed by atoms with E-state index in [9.17, 15) is 0 Å². The average Bonchev–Trinajstić information content (AvgIpc) is 3.07. The Bertz CT molecular complexity index is 332. The second kappa shape index (κ2) is 4.08. The molecule has 0 radical (unpaired) electrons. The molecule has 0 aromatic heterocycles. The molecule has 0 aromatic carbocycles. The Morgan fingerprint density at radius 1 is 0.778 bits per heavy atom. The van der Waals surface area contributed by atoms with E-state index in [1.165, 1.54) is 25.7 Å². The SMILES string of the molecule is NCCC1C(CCN)C2CC1C1C3C=CC(C3)C21. The van der Waals surface area contributed by atoms with Gasteiger partial charge in [-0.3, -0.25) is 0 Å². The second-order valence-electron chi connectivity index (χ2n) is 7.15. The second-order valence-corrected chi connectivity index (χ2v) is 7.15. The van der Waals surface area contributed by atoms with Crippen LogP contribution in [-0.2, 0) is 0 Å². The maximum absolute atomic E-state index is 5.87. The number of hydrogen-bond acceptors (Lipinski definition) is 2. The van der Waals surface area contributed by atoms with Gasteiger partial charge >= 0.3 is 0 Å². The quantitative estimate of drug-likeness (QED) is 0.589. The van der Waals surface area contributed by atoms with E-state index < -0.39 is 0 Å². The Labute approximate surface area is 110 Å². The zero-order chi connectivity index (χ0) is 12.3. The van der Waals surface area contributed by atoms with Crippen molar-refractivity contribution < 1.29 is 0 Å². The summed E-state index contributed by atoms with van der Waals surface area (Å²) < 4.78 is 0. The molecule has 2 nitrogen and oxygen atoms in total. The summed E-state index contributed by atoms with van der Waals surface area (Å²) in [5, 5.41) is 0. The molecule has 3 saturated carbocycles. The molecule has 0 spiro atoms. The van der Waals surface area contributed by atoms with Gasteiger partial charge in [0, 0.05) is 0 Å². The van der Waals surface area contributed by atoms with E-state index in [0.29, 0.717) is 0 Å². The fourth-order valence-corrected chi connectivity index (χ4v) is 6.53. The first-order chi connectivity index (χ1) is 8.85. The molecule has 0 amide bonds. The lowest BCUT2D eigenvalue weighted by atomic mass is 9.63. The first kappa shape index (κ1) is 11.5. The summed E-state index contributed by atoms with van der Waals surface area (Å²) in [5.74, 6) is 7.67. The Morgan fingerprint density at radius 3 is 1.72 bits per heavy atom. The number of allylic oxidation sites excluding steroid dienone is 2. The van der Waals surface area contributed by atoms with Crippen LogP contribution >= 0.6 is 0 Å². The van der Waals surface area contributed by atoms with Gasteiger partial charge in [-0.15, -0.1) is 0 Å². The van der Waals surface area contributed by atoms with Crippen LogP contribution in [0.25, 0.3) is 0 Å². The van der Waals surface area contributed by atoms with Crippen LogP contribution in [0, 0.1) is 47.3 Å². The van der Waals surface area contributed by atoms with Crippen LogP contribution in [0.2, 0.25) is 0 Å². The van der Waals surface area contributed by atoms with Gasteiger partial charge in [0.05, 0.1) is 0 Å². The predicted octanol–water partition coefficient (Wildman–Crippen LogP) is 2.00. The molecule has 8 atom stereocenters. The van der Waals surface area contributed by atoms with Gasteiger partial charge in [0.25, 0.3) is 0 Å². The van der Waals surface area contributed by atoms with Crippen LogP contribution in [0.5, 0.6) is 0 Å². The third-order valence-electron chi connectivity index (χ3n) is 6.77. The van der Waals surface area contributed by atoms with Crippen molar-refractivity contribution in [3.63, 3.8) is 0 Å². The van der Waals surface area contributed by atoms with Crippen LogP contribution in [0.1, 0.15) is 25.7 Å². The van der Waals surface area contributed by atoms with Gasteiger partial charge in [-0.05, 0) is 86.1 Å². The molecule has 4 N–H and O–H groups in total. The van der Waals surface area contributed by atoms with E-state index in [1.54, 1.807) is 0 Å². The van der Waals surface area contributed by atoms with Crippen molar-refractivity contribution in [2.75, 3.05) is 13.1 Å². The Kier molecular flexibility index (Phi) is 2.60. The predicted molar refractivity (Wildman–Crippen MR) is 73.6 cm³/mol. The molecule has 4 bridgehead atoms. The maximum Gasteiger partial charge on any atom is -0.00744 e. The smallest absolute Gasteiger partial charge is 0.00744 e. The van der Waals surface area contributed by atoms with E-state index in [0.717, 1.165) is 60.4 Å². The normalized spacial score (nSPS) is 55.4. The highest BCUT2D eigenvalue weighted by Crippen LogP contribution is 2.69. The van der Waals surface area contributed by atoms with Gasteiger partial charge in [-0.25, -0.2) is 0 Å². The number of hydrogen-bond donors (Lipinski definition) is 2. The molecule has 18 heavy (non-hydrogen) atoms. The fourth-order valence-electron chi connectivity index (χ4n) is 6.53. The minimum absolute atomic E-state index is 0.871. The van der Waals surface area contributed by atoms with Crippen molar-refractivity contribution >= 4 is 0 Å². The van der Waals surface area contributed by atoms with Crippen LogP contribution in [0.15, 0.2) is 12.2 Å². The lowest BCUT2D eigenvalue weighted by Gasteiger charge is -2.42. The van der Waals surface area contributed by atoms with E-state index in [1.807, 2.05) is 0 Å². The minimum atomic E-state index is 0.871. The van der Waals surface area contributed by atoms with E-state index in [2.05, 4.69) is 12.2 Å². The summed E-state index contributed by atoms with van der Waals surface area (Å²) in [6.45, 7) is 1.74. The number of fused-ring (bicyclic) bond motifs is 9. The van der Waals surface area contributed by atoms with Gasteiger partial charge in [0.15, 0.2) is 0 Å². The summed E-state index contributed by atoms with van der Waals surface area (Å²) in [6.07, 6.45) is 10.5. The monoisotopic (exact) mass is 246 g/mol. The zero-order valence-corrected chi connectivity index (χ0v) is 11.2. The zero-order valence-electron chi connectivity index (χ0n) is 11.2. The Morgan fingerprint density at radius 2 is 1.28 bits per heavy atom. The van der Waals surface area contributed by atoms with E-state index in [4.69, 9.17) is 11.5 Å². The molecule has 8 unspecified atom stereocenters. The molecule has 2 heteroatoms. The highest BCUT2D eigenvalue weighted by molar-refractivity contribution is 5.21. The van der Waals surface area contributed by atoms with Crippen LogP contribution in [0.4, 0.5) is 0 Å². The van der Waals surface area contributed by atoms with E-state index >= 15 is 0 Å². The first-order valence-electron chi connectivity index (χ1n) is 7.93. The first-order valence-corrected chi connectivity index (χ1v) is 7.93. The third kappa shape index (κ3) is 1.31. The molecule has 0 saturated heterocycles. The molecule has 100 valence electrons. The third-order valence-corrected chi connectivity index (χ3v) is 6.77. The highest BCUT2D eigenvalue weighted by atomic mass is 14.7. The maximum atomic E-state index is 5.87. The van der Waals surface area contributed by atoms with E-state index in [-0.39, 0.29) is 0 Å². The van der Waals surface area contributed by atoms with Gasteiger partial charge in [0.1, 0.15) is 0 Å². The average molecular weight is 246 g/mol. The summed E-state index contributed by atoms with van der Waals surface area (Å²) in [5.41, 5.74) is 11.7. The van der Waals surface area contributed by atoms with Crippen molar-refractivity contribution in [2.45, 2.75) is 25.7 Å². The molecule has 0 heterocycles. The largest absolute Gasteiger partial charge is 0.330 e. The Balaban J connectivity index is 1.63. The lowest BCUT2D eigenvalue weighted by Crippen LogP contribution is -2.38. The van der Waals surface area contributed by atoms with Gasteiger partial charge in [-0.2, -0.15) is 0 Å². The van der Waals surface area contributed by atoms with Gasteiger partial charge < -0.3 is 11.5 Å². The summed E-state index contributed by atoms with van der Waals surface area (Å²) in [7, 11) is 0. The lowest BCUT2D eigenvalue weighted by molar-refractivity contribution is 0.0800. The minimum Gasteiger partial charge on any atom is -0.330 e. The van der Waals surface area contributed by atoms with Gasteiger partial charge in [0.2, 0.25) is 0 Å². The molecule has 0 aromatic rings. The van der Waals surface area contributed by atoms with Crippen molar-refractivity contribution in [3.8, 4) is 0 Å². The standard InChI is InChI=1S/C16H26N2/c17-5-3-11-12(4-6-18)14-8-13(11)15-9-1-2-10(7-9)16(14)15/h1-2,9-16H,3-8,17-18H2. The van der Waals surface area contributed by atoms with Crippen molar-refractivity contribution in [3.05, 3.63) is 12.2 Å². The molecular formula is C16H26N2. The van der Waals surface area contributed by atoms with Gasteiger partial charge in [-0.1, -0.05) is 12.2 Å². The number of rotatable bonds is 4. The van der Waals surface area contributed by atoms with Crippen LogP contribution in [-0.4, -0.2) is 13.1 Å². The number of nitrogens with two attached hydrogens (primary N) is 2. The van der Waals surface area contributed by atoms with Crippen molar-refractivity contribution in [2.24, 2.45) is 58.8 Å².